The number of hydrogen-bond donors (Lipinski definition) is 1. The first kappa shape index (κ1) is 19.6. The number of benzene rings is 1. The fraction of sp³-hybridized carbons (Fsp3) is 0.318. The Morgan fingerprint density at radius 3 is 2.50 bits per heavy atom. The summed E-state index contributed by atoms with van der Waals surface area (Å²) >= 11 is 0. The molecule has 0 atom stereocenters. The number of nitrogens with one attached hydrogen (secondary N) is 1. The van der Waals surface area contributed by atoms with Crippen molar-refractivity contribution in [2.24, 2.45) is 0 Å². The van der Waals surface area contributed by atoms with Crippen LogP contribution >= 0.6 is 0 Å². The third-order valence-corrected chi connectivity index (χ3v) is 4.11. The van der Waals surface area contributed by atoms with Gasteiger partial charge in [-0.05, 0) is 50.5 Å². The Bertz CT molecular complexity index is 963. The van der Waals surface area contributed by atoms with Gasteiger partial charge in [-0.2, -0.15) is 0 Å². The molecule has 146 valence electrons. The molecule has 28 heavy (non-hydrogen) atoms. The highest BCUT2D eigenvalue weighted by Gasteiger charge is 2.15. The second kappa shape index (κ2) is 8.25. The van der Waals surface area contributed by atoms with Gasteiger partial charge < -0.3 is 14.8 Å². The molecule has 0 saturated carbocycles. The zero-order valence-electron chi connectivity index (χ0n) is 16.7. The number of methoxy groups -OCH3 is 1. The molecule has 0 aliphatic rings. The summed E-state index contributed by atoms with van der Waals surface area (Å²) in [5, 5.41) is 2.78. The molecule has 6 nitrogen and oxygen atoms in total. The van der Waals surface area contributed by atoms with Crippen LogP contribution in [-0.2, 0) is 11.2 Å². The lowest BCUT2D eigenvalue weighted by molar-refractivity contribution is 0.0528. The number of hydrogen-bond acceptors (Lipinski definition) is 5. The van der Waals surface area contributed by atoms with Crippen LogP contribution in [0.3, 0.4) is 0 Å². The molecule has 3 rings (SSSR count). The van der Waals surface area contributed by atoms with Crippen LogP contribution < -0.4 is 10.1 Å². The van der Waals surface area contributed by atoms with Crippen LogP contribution in [0.1, 0.15) is 26.3 Å². The van der Waals surface area contributed by atoms with Crippen molar-refractivity contribution in [3.8, 4) is 17.0 Å². The quantitative estimate of drug-likeness (QED) is 0.712. The van der Waals surface area contributed by atoms with Crippen molar-refractivity contribution >= 4 is 17.1 Å². The fourth-order valence-electron chi connectivity index (χ4n) is 2.83. The summed E-state index contributed by atoms with van der Waals surface area (Å²) in [4.78, 5) is 20.6. The minimum atomic E-state index is -0.490. The number of pyridine rings is 2. The first-order valence-corrected chi connectivity index (χ1v) is 9.21. The SMILES string of the molecule is COc1ccc2nccc(-c3ccc(CCNC(=O)OC(C)(C)C)cc3)c2n1. The third kappa shape index (κ3) is 4.97. The highest BCUT2D eigenvalue weighted by atomic mass is 16.6. The maximum absolute atomic E-state index is 11.7. The Kier molecular flexibility index (Phi) is 5.78. The van der Waals surface area contributed by atoms with Gasteiger partial charge in [0.2, 0.25) is 5.88 Å². The van der Waals surface area contributed by atoms with E-state index in [0.29, 0.717) is 12.4 Å². The molecular weight excluding hydrogens is 354 g/mol. The molecule has 0 aliphatic carbocycles. The van der Waals surface area contributed by atoms with E-state index >= 15 is 0 Å². The van der Waals surface area contributed by atoms with Gasteiger partial charge in [-0.3, -0.25) is 4.98 Å². The number of ether oxygens (including phenoxy) is 2. The minimum absolute atomic E-state index is 0.396. The van der Waals surface area contributed by atoms with Gasteiger partial charge in [0.05, 0.1) is 12.6 Å². The van der Waals surface area contributed by atoms with Gasteiger partial charge in [0, 0.05) is 24.4 Å². The van der Waals surface area contributed by atoms with Crippen LogP contribution in [0, 0.1) is 0 Å². The maximum atomic E-state index is 11.7. The summed E-state index contributed by atoms with van der Waals surface area (Å²) in [5.74, 6) is 0.562. The minimum Gasteiger partial charge on any atom is -0.481 e. The number of carbonyl (C=O) groups excluding carboxylic acids is 1. The molecular formula is C22H25N3O3. The summed E-state index contributed by atoms with van der Waals surface area (Å²) in [6.45, 7) is 6.06. The monoisotopic (exact) mass is 379 g/mol. The first-order chi connectivity index (χ1) is 13.4. The number of alkyl carbamates (subject to hydrolysis) is 1. The molecule has 0 radical (unpaired) electrons. The number of nitrogens with zero attached hydrogens (tertiary/aromatic N) is 2. The standard InChI is InChI=1S/C22H25N3O3/c1-22(2,3)28-21(26)24-13-11-15-5-7-16(8-6-15)17-12-14-23-18-9-10-19(27-4)25-20(17)18/h5-10,12,14H,11,13H2,1-4H3,(H,24,26). The molecule has 2 aromatic heterocycles. The Hall–Kier alpha value is -3.15. The van der Waals surface area contributed by atoms with Gasteiger partial charge >= 0.3 is 6.09 Å². The van der Waals surface area contributed by atoms with Gasteiger partial charge in [0.25, 0.3) is 0 Å². The number of amides is 1. The predicted octanol–water partition coefficient (Wildman–Crippen LogP) is 4.37. The van der Waals surface area contributed by atoms with Crippen LogP contribution in [0.25, 0.3) is 22.2 Å². The van der Waals surface area contributed by atoms with Gasteiger partial charge in [0.15, 0.2) is 0 Å². The zero-order chi connectivity index (χ0) is 20.1. The Balaban J connectivity index is 1.70. The molecule has 1 N–H and O–H groups in total. The molecule has 6 heteroatoms. The average Bonchev–Trinajstić information content (AvgIpc) is 2.66. The van der Waals surface area contributed by atoms with Crippen LogP contribution in [0.5, 0.6) is 5.88 Å². The molecule has 0 saturated heterocycles. The van der Waals surface area contributed by atoms with Crippen molar-refractivity contribution in [1.82, 2.24) is 15.3 Å². The molecule has 0 aliphatic heterocycles. The van der Waals surface area contributed by atoms with E-state index in [2.05, 4.69) is 39.6 Å². The highest BCUT2D eigenvalue weighted by Crippen LogP contribution is 2.27. The lowest BCUT2D eigenvalue weighted by Crippen LogP contribution is -2.33. The summed E-state index contributed by atoms with van der Waals surface area (Å²) in [7, 11) is 1.60. The smallest absolute Gasteiger partial charge is 0.407 e. The van der Waals surface area contributed by atoms with Crippen molar-refractivity contribution in [2.75, 3.05) is 13.7 Å². The van der Waals surface area contributed by atoms with E-state index in [9.17, 15) is 4.79 Å². The molecule has 2 heterocycles. The Morgan fingerprint density at radius 1 is 1.07 bits per heavy atom. The van der Waals surface area contributed by atoms with E-state index in [1.165, 1.54) is 0 Å². The van der Waals surface area contributed by atoms with Crippen molar-refractivity contribution in [1.29, 1.82) is 0 Å². The van der Waals surface area contributed by atoms with E-state index in [-0.39, 0.29) is 0 Å². The molecule has 0 fully saturated rings. The zero-order valence-corrected chi connectivity index (χ0v) is 16.7. The summed E-state index contributed by atoms with van der Waals surface area (Å²) in [6.07, 6.45) is 2.11. The van der Waals surface area contributed by atoms with Crippen molar-refractivity contribution in [3.63, 3.8) is 0 Å². The Labute approximate surface area is 164 Å². The van der Waals surface area contributed by atoms with E-state index in [4.69, 9.17) is 9.47 Å². The van der Waals surface area contributed by atoms with Gasteiger partial charge in [-0.15, -0.1) is 0 Å². The van der Waals surface area contributed by atoms with E-state index in [0.717, 1.165) is 34.1 Å². The van der Waals surface area contributed by atoms with Crippen LogP contribution in [0.4, 0.5) is 4.79 Å². The van der Waals surface area contributed by atoms with Crippen LogP contribution in [-0.4, -0.2) is 35.3 Å². The summed E-state index contributed by atoms with van der Waals surface area (Å²) in [6, 6.07) is 13.9. The molecule has 1 amide bonds. The molecule has 0 spiro atoms. The van der Waals surface area contributed by atoms with Gasteiger partial charge in [-0.25, -0.2) is 9.78 Å². The van der Waals surface area contributed by atoms with Crippen molar-refractivity contribution < 1.29 is 14.3 Å². The maximum Gasteiger partial charge on any atom is 0.407 e. The molecule has 1 aromatic carbocycles. The van der Waals surface area contributed by atoms with E-state index < -0.39 is 11.7 Å². The van der Waals surface area contributed by atoms with Gasteiger partial charge in [0.1, 0.15) is 11.1 Å². The largest absolute Gasteiger partial charge is 0.481 e. The Morgan fingerprint density at radius 2 is 1.82 bits per heavy atom. The first-order valence-electron chi connectivity index (χ1n) is 9.21. The predicted molar refractivity (Wildman–Crippen MR) is 109 cm³/mol. The number of aromatic nitrogens is 2. The second-order valence-corrected chi connectivity index (χ2v) is 7.46. The van der Waals surface area contributed by atoms with Crippen molar-refractivity contribution in [2.45, 2.75) is 32.8 Å². The number of carbonyl (C=O) groups is 1. The van der Waals surface area contributed by atoms with Crippen LogP contribution in [0.2, 0.25) is 0 Å². The number of fused-ring (bicyclic) bond motifs is 1. The topological polar surface area (TPSA) is 73.3 Å². The lowest BCUT2D eigenvalue weighted by atomic mass is 10.0. The van der Waals surface area contributed by atoms with Crippen molar-refractivity contribution in [3.05, 3.63) is 54.2 Å². The summed E-state index contributed by atoms with van der Waals surface area (Å²) < 4.78 is 10.5. The normalized spacial score (nSPS) is 11.3. The second-order valence-electron chi connectivity index (χ2n) is 7.46. The molecule has 3 aromatic rings. The van der Waals surface area contributed by atoms with Crippen LogP contribution in [0.15, 0.2) is 48.7 Å². The summed E-state index contributed by atoms with van der Waals surface area (Å²) in [5.41, 5.74) is 4.32. The lowest BCUT2D eigenvalue weighted by Gasteiger charge is -2.19. The molecule has 0 unspecified atom stereocenters. The third-order valence-electron chi connectivity index (χ3n) is 4.11. The van der Waals surface area contributed by atoms with E-state index in [1.54, 1.807) is 19.4 Å². The van der Waals surface area contributed by atoms with E-state index in [1.807, 2.05) is 32.9 Å². The highest BCUT2D eigenvalue weighted by molar-refractivity contribution is 5.91. The fourth-order valence-corrected chi connectivity index (χ4v) is 2.83. The van der Waals surface area contributed by atoms with Gasteiger partial charge in [-0.1, -0.05) is 24.3 Å². The molecule has 0 bridgehead atoms. The number of rotatable bonds is 5. The average molecular weight is 379 g/mol.